The van der Waals surface area contributed by atoms with E-state index in [-0.39, 0.29) is 35.6 Å². The molecule has 3 atom stereocenters. The zero-order valence-electron chi connectivity index (χ0n) is 18.8. The molecule has 2 bridgehead atoms. The summed E-state index contributed by atoms with van der Waals surface area (Å²) in [6.07, 6.45) is 4.47. The van der Waals surface area contributed by atoms with Crippen molar-refractivity contribution in [3.05, 3.63) is 30.0 Å². The van der Waals surface area contributed by atoms with E-state index in [0.717, 1.165) is 36.7 Å². The minimum Gasteiger partial charge on any atom is -0.481 e. The maximum Gasteiger partial charge on any atom is 0.325 e. The largest absolute Gasteiger partial charge is 0.481 e. The van der Waals surface area contributed by atoms with Crippen molar-refractivity contribution in [2.45, 2.75) is 65.0 Å². The van der Waals surface area contributed by atoms with Gasteiger partial charge in [0.15, 0.2) is 0 Å². The first kappa shape index (κ1) is 22.3. The van der Waals surface area contributed by atoms with E-state index in [1.807, 2.05) is 0 Å². The number of carbonyl (C=O) groups is 3. The Hall–Kier alpha value is -2.87. The van der Waals surface area contributed by atoms with Crippen LogP contribution >= 0.6 is 0 Å². The van der Waals surface area contributed by atoms with Gasteiger partial charge in [-0.1, -0.05) is 20.8 Å². The Labute approximate surface area is 187 Å². The lowest BCUT2D eigenvalue weighted by Gasteiger charge is -2.40. The van der Waals surface area contributed by atoms with Crippen LogP contribution < -0.4 is 5.32 Å². The molecule has 4 N–H and O–H groups in total. The molecule has 1 aliphatic heterocycles. The van der Waals surface area contributed by atoms with Crippen LogP contribution in [0.15, 0.2) is 24.4 Å². The molecule has 1 saturated heterocycles. The summed E-state index contributed by atoms with van der Waals surface area (Å²) < 4.78 is 0. The summed E-state index contributed by atoms with van der Waals surface area (Å²) in [5, 5.41) is 22.5. The van der Waals surface area contributed by atoms with Crippen LogP contribution in [0.4, 0.5) is 5.69 Å². The third-order valence-electron chi connectivity index (χ3n) is 6.88. The number of likely N-dealkylation sites (tertiary alicyclic amines) is 1. The lowest BCUT2D eigenvalue weighted by molar-refractivity contribution is -0.144. The molecule has 1 aromatic carbocycles. The first-order valence-electron chi connectivity index (χ1n) is 11.1. The van der Waals surface area contributed by atoms with E-state index in [4.69, 9.17) is 5.11 Å². The average Bonchev–Trinajstić information content (AvgIpc) is 3.17. The molecule has 2 aromatic rings. The first-order valence-corrected chi connectivity index (χ1v) is 11.1. The number of hydrogen-bond donors (Lipinski definition) is 4. The molecule has 2 heterocycles. The van der Waals surface area contributed by atoms with Crippen molar-refractivity contribution in [2.24, 2.45) is 10.8 Å². The molecule has 4 rings (SSSR count). The Morgan fingerprint density at radius 2 is 1.94 bits per heavy atom. The van der Waals surface area contributed by atoms with Crippen molar-refractivity contribution in [1.29, 1.82) is 0 Å². The fourth-order valence-electron chi connectivity index (χ4n) is 6.15. The molecule has 1 aromatic heterocycles. The number of carboxylic acid groups (broad SMARTS) is 2. The second kappa shape index (κ2) is 7.92. The van der Waals surface area contributed by atoms with Gasteiger partial charge in [0.2, 0.25) is 5.91 Å². The smallest absolute Gasteiger partial charge is 0.325 e. The van der Waals surface area contributed by atoms with Crippen molar-refractivity contribution in [1.82, 2.24) is 9.88 Å². The molecule has 172 valence electrons. The van der Waals surface area contributed by atoms with Gasteiger partial charge in [0.25, 0.3) is 0 Å². The number of benzene rings is 1. The van der Waals surface area contributed by atoms with E-state index in [9.17, 15) is 19.5 Å². The van der Waals surface area contributed by atoms with E-state index >= 15 is 0 Å². The highest BCUT2D eigenvalue weighted by Crippen LogP contribution is 2.54. The Morgan fingerprint density at radius 3 is 2.62 bits per heavy atom. The summed E-state index contributed by atoms with van der Waals surface area (Å²) in [6.45, 7) is 7.54. The summed E-state index contributed by atoms with van der Waals surface area (Å²) in [6, 6.07) is 4.74. The number of aromatic amines is 1. The standard InChI is InChI=1S/C24H31N3O5/c1-23(2)9-15-10-24(3,12-23)13-27(15)21(22(31)32)17-11-25-18-5-4-14(8-16(17)18)26-19(28)6-7-20(29)30/h4-5,8,11,15,21,25H,6-7,9-10,12-13H2,1-3H3,(H,26,28)(H,29,30)(H,31,32)/t15-,21+,24-/m0/s1. The van der Waals surface area contributed by atoms with E-state index in [1.54, 1.807) is 24.4 Å². The van der Waals surface area contributed by atoms with Crippen molar-refractivity contribution < 1.29 is 24.6 Å². The van der Waals surface area contributed by atoms with Gasteiger partial charge < -0.3 is 20.5 Å². The van der Waals surface area contributed by atoms with Gasteiger partial charge in [0, 0.05) is 47.4 Å². The quantitative estimate of drug-likeness (QED) is 0.515. The average molecular weight is 442 g/mol. The number of nitrogens with zero attached hydrogens (tertiary/aromatic N) is 1. The summed E-state index contributed by atoms with van der Waals surface area (Å²) >= 11 is 0. The van der Waals surface area contributed by atoms with Crippen LogP contribution in [0, 0.1) is 10.8 Å². The Balaban J connectivity index is 1.64. The van der Waals surface area contributed by atoms with Gasteiger partial charge >= 0.3 is 11.9 Å². The molecule has 0 radical (unpaired) electrons. The monoisotopic (exact) mass is 441 g/mol. The lowest BCUT2D eigenvalue weighted by atomic mass is 9.65. The number of fused-ring (bicyclic) bond motifs is 3. The van der Waals surface area contributed by atoms with E-state index in [0.29, 0.717) is 11.3 Å². The van der Waals surface area contributed by atoms with Crippen LogP contribution in [0.1, 0.15) is 64.5 Å². The Kier molecular flexibility index (Phi) is 5.53. The van der Waals surface area contributed by atoms with Gasteiger partial charge in [-0.25, -0.2) is 0 Å². The predicted molar refractivity (Wildman–Crippen MR) is 120 cm³/mol. The molecule has 1 amide bonds. The van der Waals surface area contributed by atoms with Crippen molar-refractivity contribution >= 4 is 34.4 Å². The summed E-state index contributed by atoms with van der Waals surface area (Å²) in [5.41, 5.74) is 2.29. The molecule has 8 nitrogen and oxygen atoms in total. The number of H-pyrrole nitrogens is 1. The highest BCUT2D eigenvalue weighted by Gasteiger charge is 2.52. The molecule has 1 aliphatic carbocycles. The Bertz CT molecular complexity index is 1070. The zero-order chi connectivity index (χ0) is 23.3. The van der Waals surface area contributed by atoms with Crippen LogP contribution in [0.25, 0.3) is 10.9 Å². The van der Waals surface area contributed by atoms with E-state index in [2.05, 4.69) is 36.0 Å². The predicted octanol–water partition coefficient (Wildman–Crippen LogP) is 4.00. The van der Waals surface area contributed by atoms with Crippen LogP contribution in [-0.2, 0) is 14.4 Å². The molecule has 2 fully saturated rings. The lowest BCUT2D eigenvalue weighted by Crippen LogP contribution is -2.39. The summed E-state index contributed by atoms with van der Waals surface area (Å²) in [4.78, 5) is 40.6. The third kappa shape index (κ3) is 4.37. The molecule has 0 spiro atoms. The number of rotatable bonds is 7. The maximum absolute atomic E-state index is 12.5. The summed E-state index contributed by atoms with van der Waals surface area (Å²) in [5.74, 6) is -2.29. The van der Waals surface area contributed by atoms with Gasteiger partial charge in [-0.3, -0.25) is 19.3 Å². The number of aliphatic carboxylic acids is 2. The van der Waals surface area contributed by atoms with Gasteiger partial charge in [-0.05, 0) is 48.3 Å². The van der Waals surface area contributed by atoms with Crippen molar-refractivity contribution in [2.75, 3.05) is 11.9 Å². The second-order valence-corrected chi connectivity index (χ2v) is 10.6. The number of carboxylic acids is 2. The molecule has 1 saturated carbocycles. The second-order valence-electron chi connectivity index (χ2n) is 10.6. The van der Waals surface area contributed by atoms with Crippen LogP contribution in [0.2, 0.25) is 0 Å². The van der Waals surface area contributed by atoms with Gasteiger partial charge in [0.05, 0.1) is 6.42 Å². The third-order valence-corrected chi connectivity index (χ3v) is 6.88. The van der Waals surface area contributed by atoms with Crippen molar-refractivity contribution in [3.63, 3.8) is 0 Å². The fraction of sp³-hybridized carbons (Fsp3) is 0.542. The highest BCUT2D eigenvalue weighted by atomic mass is 16.4. The van der Waals surface area contributed by atoms with E-state index < -0.39 is 18.0 Å². The minimum atomic E-state index is -1.03. The van der Waals surface area contributed by atoms with Crippen LogP contribution in [0.3, 0.4) is 0 Å². The normalized spacial score (nSPS) is 25.5. The SMILES string of the molecule is CC1(C)C[C@H]2C[C@](C)(CN2[C@@H](C(=O)O)c2c[nH]c3ccc(NC(=O)CCC(=O)O)cc23)C1. The van der Waals surface area contributed by atoms with E-state index in [1.165, 1.54) is 0 Å². The number of anilines is 1. The number of nitrogens with one attached hydrogen (secondary N) is 2. The topological polar surface area (TPSA) is 123 Å². The van der Waals surface area contributed by atoms with Gasteiger partial charge in [0.1, 0.15) is 6.04 Å². The molecule has 2 aliphatic rings. The fourth-order valence-corrected chi connectivity index (χ4v) is 6.15. The Morgan fingerprint density at radius 1 is 1.19 bits per heavy atom. The van der Waals surface area contributed by atoms with Crippen LogP contribution in [0.5, 0.6) is 0 Å². The molecule has 8 heteroatoms. The molecule has 0 unspecified atom stereocenters. The van der Waals surface area contributed by atoms with Gasteiger partial charge in [-0.15, -0.1) is 0 Å². The number of hydrogen-bond acceptors (Lipinski definition) is 4. The highest BCUT2D eigenvalue weighted by molar-refractivity contribution is 5.96. The molecular formula is C24H31N3O5. The van der Waals surface area contributed by atoms with Crippen molar-refractivity contribution in [3.8, 4) is 0 Å². The summed E-state index contributed by atoms with van der Waals surface area (Å²) in [7, 11) is 0. The molecular weight excluding hydrogens is 410 g/mol. The number of aromatic nitrogens is 1. The minimum absolute atomic E-state index is 0.107. The first-order chi connectivity index (χ1) is 15.0. The zero-order valence-corrected chi connectivity index (χ0v) is 18.8. The van der Waals surface area contributed by atoms with Gasteiger partial charge in [-0.2, -0.15) is 0 Å². The molecule has 32 heavy (non-hydrogen) atoms. The van der Waals surface area contributed by atoms with Crippen LogP contribution in [-0.4, -0.2) is 50.5 Å². The maximum atomic E-state index is 12.5. The number of carbonyl (C=O) groups excluding carboxylic acids is 1. The number of amides is 1.